The maximum Gasteiger partial charge on any atom is 0.258 e. The van der Waals surface area contributed by atoms with Crippen molar-refractivity contribution in [2.45, 2.75) is 11.4 Å². The molecule has 7 nitrogen and oxygen atoms in total. The molecule has 0 spiro atoms. The fourth-order valence-electron chi connectivity index (χ4n) is 3.29. The maximum absolute atomic E-state index is 12.7. The second kappa shape index (κ2) is 7.22. The van der Waals surface area contributed by atoms with Crippen LogP contribution in [0.3, 0.4) is 0 Å². The second-order valence-electron chi connectivity index (χ2n) is 6.52. The molecular formula is C19H20N4O3S. The van der Waals surface area contributed by atoms with Crippen LogP contribution in [-0.4, -0.2) is 53.8 Å². The topological polar surface area (TPSA) is 86.4 Å². The minimum atomic E-state index is -3.46. The van der Waals surface area contributed by atoms with E-state index in [2.05, 4.69) is 14.9 Å². The molecule has 3 aromatic rings. The Morgan fingerprint density at radius 2 is 1.59 bits per heavy atom. The lowest BCUT2D eigenvalue weighted by atomic mass is 10.2. The lowest BCUT2D eigenvalue weighted by molar-refractivity contribution is 0.178. The zero-order chi connectivity index (χ0) is 18.9. The third-order valence-electron chi connectivity index (χ3n) is 4.75. The molecule has 1 saturated heterocycles. The van der Waals surface area contributed by atoms with Crippen molar-refractivity contribution in [3.63, 3.8) is 0 Å². The van der Waals surface area contributed by atoms with E-state index in [9.17, 15) is 13.2 Å². The van der Waals surface area contributed by atoms with Gasteiger partial charge in [0.25, 0.3) is 5.56 Å². The number of rotatable bonds is 4. The number of fused-ring (bicyclic) bond motifs is 1. The Hall–Kier alpha value is -2.55. The predicted molar refractivity (Wildman–Crippen MR) is 103 cm³/mol. The van der Waals surface area contributed by atoms with Crippen LogP contribution < -0.4 is 5.56 Å². The fourth-order valence-corrected chi connectivity index (χ4v) is 4.73. The fraction of sp³-hybridized carbons (Fsp3) is 0.263. The number of H-pyrrole nitrogens is 1. The molecule has 1 N–H and O–H groups in total. The first kappa shape index (κ1) is 17.8. The molecule has 1 fully saturated rings. The maximum atomic E-state index is 12.7. The number of nitrogens with one attached hydrogen (secondary N) is 1. The Bertz CT molecular complexity index is 1100. The van der Waals surface area contributed by atoms with E-state index in [-0.39, 0.29) is 5.56 Å². The third kappa shape index (κ3) is 3.64. The summed E-state index contributed by atoms with van der Waals surface area (Å²) in [6.45, 7) is 2.48. The molecule has 0 atom stereocenters. The summed E-state index contributed by atoms with van der Waals surface area (Å²) in [4.78, 5) is 21.9. The van der Waals surface area contributed by atoms with Gasteiger partial charge in [0.2, 0.25) is 10.0 Å². The summed E-state index contributed by atoms with van der Waals surface area (Å²) >= 11 is 0. The summed E-state index contributed by atoms with van der Waals surface area (Å²) in [6.07, 6.45) is 0. The highest BCUT2D eigenvalue weighted by molar-refractivity contribution is 7.89. The first-order valence-electron chi connectivity index (χ1n) is 8.79. The molecule has 0 aliphatic carbocycles. The Labute approximate surface area is 157 Å². The van der Waals surface area contributed by atoms with Crippen molar-refractivity contribution in [1.29, 1.82) is 0 Å². The van der Waals surface area contributed by atoms with Gasteiger partial charge in [-0.15, -0.1) is 0 Å². The van der Waals surface area contributed by atoms with Crippen molar-refractivity contribution in [2.24, 2.45) is 0 Å². The summed E-state index contributed by atoms with van der Waals surface area (Å²) in [6, 6.07) is 15.7. The molecule has 0 amide bonds. The molecular weight excluding hydrogens is 364 g/mol. The van der Waals surface area contributed by atoms with E-state index in [0.717, 1.165) is 0 Å². The standard InChI is InChI=1S/C19H20N4O3S/c24-19-16-8-4-5-9-17(16)20-18(21-19)14-22-10-12-23(13-11-22)27(25,26)15-6-2-1-3-7-15/h1-9H,10-14H2,(H,20,21,24). The number of aromatic amines is 1. The molecule has 1 aliphatic heterocycles. The van der Waals surface area contributed by atoms with Crippen molar-refractivity contribution in [1.82, 2.24) is 19.2 Å². The van der Waals surface area contributed by atoms with Crippen LogP contribution in [0.15, 0.2) is 64.3 Å². The van der Waals surface area contributed by atoms with Crippen LogP contribution in [0.4, 0.5) is 0 Å². The van der Waals surface area contributed by atoms with Gasteiger partial charge in [0.15, 0.2) is 0 Å². The van der Waals surface area contributed by atoms with Gasteiger partial charge in [-0.05, 0) is 24.3 Å². The molecule has 0 radical (unpaired) electrons. The van der Waals surface area contributed by atoms with E-state index in [1.165, 1.54) is 4.31 Å². The number of piperazine rings is 1. The van der Waals surface area contributed by atoms with Crippen LogP contribution in [0, 0.1) is 0 Å². The highest BCUT2D eigenvalue weighted by Gasteiger charge is 2.28. The average molecular weight is 384 g/mol. The molecule has 2 heterocycles. The van der Waals surface area contributed by atoms with Crippen molar-refractivity contribution in [3.8, 4) is 0 Å². The molecule has 1 aromatic heterocycles. The number of benzene rings is 2. The lowest BCUT2D eigenvalue weighted by Crippen LogP contribution is -2.48. The Morgan fingerprint density at radius 3 is 2.33 bits per heavy atom. The summed E-state index contributed by atoms with van der Waals surface area (Å²) in [5.41, 5.74) is 0.516. The second-order valence-corrected chi connectivity index (χ2v) is 8.46. The van der Waals surface area contributed by atoms with Gasteiger partial charge in [-0.1, -0.05) is 30.3 Å². The van der Waals surface area contributed by atoms with E-state index in [0.29, 0.717) is 54.3 Å². The summed E-state index contributed by atoms with van der Waals surface area (Å²) in [5, 5.41) is 0.569. The van der Waals surface area contributed by atoms with Crippen LogP contribution in [0.5, 0.6) is 0 Å². The summed E-state index contributed by atoms with van der Waals surface area (Å²) in [5.74, 6) is 0.595. The number of hydrogen-bond donors (Lipinski definition) is 1. The van der Waals surface area contributed by atoms with E-state index in [1.807, 2.05) is 18.2 Å². The zero-order valence-corrected chi connectivity index (χ0v) is 15.5. The van der Waals surface area contributed by atoms with Crippen LogP contribution >= 0.6 is 0 Å². The quantitative estimate of drug-likeness (QED) is 0.735. The first-order chi connectivity index (χ1) is 13.0. The minimum absolute atomic E-state index is 0.152. The molecule has 1 aliphatic rings. The first-order valence-corrected chi connectivity index (χ1v) is 10.2. The third-order valence-corrected chi connectivity index (χ3v) is 6.66. The van der Waals surface area contributed by atoms with Gasteiger partial charge in [-0.2, -0.15) is 4.31 Å². The largest absolute Gasteiger partial charge is 0.309 e. The SMILES string of the molecule is O=c1[nH]c(CN2CCN(S(=O)(=O)c3ccccc3)CC2)nc2ccccc12. The Kier molecular flexibility index (Phi) is 4.77. The van der Waals surface area contributed by atoms with Gasteiger partial charge in [0.05, 0.1) is 22.3 Å². The minimum Gasteiger partial charge on any atom is -0.309 e. The normalized spacial score (nSPS) is 16.6. The van der Waals surface area contributed by atoms with Crippen LogP contribution in [-0.2, 0) is 16.6 Å². The highest BCUT2D eigenvalue weighted by Crippen LogP contribution is 2.17. The number of para-hydroxylation sites is 1. The van der Waals surface area contributed by atoms with Gasteiger partial charge in [-0.3, -0.25) is 9.69 Å². The number of nitrogens with zero attached hydrogens (tertiary/aromatic N) is 3. The monoisotopic (exact) mass is 384 g/mol. The van der Waals surface area contributed by atoms with Gasteiger partial charge in [0.1, 0.15) is 5.82 Å². The molecule has 140 valence electrons. The van der Waals surface area contributed by atoms with Crippen LogP contribution in [0.2, 0.25) is 0 Å². The van der Waals surface area contributed by atoms with Crippen molar-refractivity contribution >= 4 is 20.9 Å². The van der Waals surface area contributed by atoms with Gasteiger partial charge in [0, 0.05) is 26.2 Å². The molecule has 0 saturated carbocycles. The van der Waals surface area contributed by atoms with Gasteiger partial charge in [-0.25, -0.2) is 13.4 Å². The summed E-state index contributed by atoms with van der Waals surface area (Å²) in [7, 11) is -3.46. The molecule has 2 aromatic carbocycles. The van der Waals surface area contributed by atoms with E-state index in [1.54, 1.807) is 36.4 Å². The highest BCUT2D eigenvalue weighted by atomic mass is 32.2. The molecule has 4 rings (SSSR count). The van der Waals surface area contributed by atoms with E-state index < -0.39 is 10.0 Å². The Morgan fingerprint density at radius 1 is 0.926 bits per heavy atom. The lowest BCUT2D eigenvalue weighted by Gasteiger charge is -2.33. The zero-order valence-electron chi connectivity index (χ0n) is 14.7. The Balaban J connectivity index is 1.45. The molecule has 0 unspecified atom stereocenters. The molecule has 8 heteroatoms. The number of sulfonamides is 1. The molecule has 0 bridgehead atoms. The predicted octanol–water partition coefficient (Wildman–Crippen LogP) is 1.43. The number of hydrogen-bond acceptors (Lipinski definition) is 5. The smallest absolute Gasteiger partial charge is 0.258 e. The van der Waals surface area contributed by atoms with Gasteiger partial charge < -0.3 is 4.98 Å². The number of aromatic nitrogens is 2. The summed E-state index contributed by atoms with van der Waals surface area (Å²) < 4.78 is 26.9. The van der Waals surface area contributed by atoms with Crippen LogP contribution in [0.1, 0.15) is 5.82 Å². The van der Waals surface area contributed by atoms with E-state index >= 15 is 0 Å². The van der Waals surface area contributed by atoms with Gasteiger partial charge >= 0.3 is 0 Å². The van der Waals surface area contributed by atoms with Crippen molar-refractivity contribution in [3.05, 3.63) is 70.8 Å². The van der Waals surface area contributed by atoms with E-state index in [4.69, 9.17) is 0 Å². The van der Waals surface area contributed by atoms with Crippen molar-refractivity contribution in [2.75, 3.05) is 26.2 Å². The average Bonchev–Trinajstić information content (AvgIpc) is 2.69. The molecule has 27 heavy (non-hydrogen) atoms. The van der Waals surface area contributed by atoms with Crippen LogP contribution in [0.25, 0.3) is 10.9 Å². The van der Waals surface area contributed by atoms with Crippen molar-refractivity contribution < 1.29 is 8.42 Å².